The molecule has 0 unspecified atom stereocenters. The number of halogens is 5. The molecule has 1 amide bonds. The summed E-state index contributed by atoms with van der Waals surface area (Å²) in [6.07, 6.45) is 7.41. The molecule has 0 heterocycles. The van der Waals surface area contributed by atoms with Crippen molar-refractivity contribution in [2.45, 2.75) is 68.2 Å². The van der Waals surface area contributed by atoms with E-state index in [4.69, 9.17) is 58.0 Å². The van der Waals surface area contributed by atoms with Crippen LogP contribution in [0.2, 0.25) is 10.0 Å². The summed E-state index contributed by atoms with van der Waals surface area (Å²) in [6.45, 7) is 2.19. The van der Waals surface area contributed by atoms with Crippen molar-refractivity contribution in [2.75, 3.05) is 5.32 Å². The highest BCUT2D eigenvalue weighted by Crippen LogP contribution is 2.33. The van der Waals surface area contributed by atoms with Crippen LogP contribution in [0.25, 0.3) is 0 Å². The van der Waals surface area contributed by atoms with E-state index in [-0.39, 0.29) is 5.91 Å². The van der Waals surface area contributed by atoms with Crippen LogP contribution in [0.1, 0.15) is 58.3 Å². The minimum Gasteiger partial charge on any atom is -0.361 e. The molecule has 1 rings (SSSR count). The van der Waals surface area contributed by atoms with E-state index in [9.17, 15) is 4.79 Å². The second kappa shape index (κ2) is 12.4. The van der Waals surface area contributed by atoms with Crippen LogP contribution >= 0.6 is 58.0 Å². The number of anilines is 1. The summed E-state index contributed by atoms with van der Waals surface area (Å²) >= 11 is 30.0. The first-order valence-corrected chi connectivity index (χ1v) is 10.7. The number of unbranched alkanes of at least 4 members (excludes halogenated alkanes) is 6. The van der Waals surface area contributed by atoms with Crippen LogP contribution in [0, 0.1) is 0 Å². The fraction of sp³-hybridized carbons (Fsp3) is 0.611. The Hall–Kier alpha value is -0.0600. The molecule has 0 aliphatic heterocycles. The first kappa shape index (κ1) is 24.0. The standard InChI is InChI=1S/C18H25Cl5N2O/c1-2-3-4-5-6-7-8-9-16(26)25-17(18(21,22)23)24-15-11-10-13(19)12-14(15)20/h10-12,17,24H,2-9H2,1H3,(H,25,26)/t17-/m0/s1. The van der Waals surface area contributed by atoms with Crippen LogP contribution in [0.15, 0.2) is 18.2 Å². The molecule has 8 heteroatoms. The minimum atomic E-state index is -1.74. The van der Waals surface area contributed by atoms with Crippen molar-refractivity contribution >= 4 is 69.6 Å². The Balaban J connectivity index is 2.48. The number of hydrogen-bond acceptors (Lipinski definition) is 2. The van der Waals surface area contributed by atoms with Crippen molar-refractivity contribution in [1.82, 2.24) is 5.32 Å². The van der Waals surface area contributed by atoms with Crippen LogP contribution in [0.5, 0.6) is 0 Å². The lowest BCUT2D eigenvalue weighted by Crippen LogP contribution is -2.49. The van der Waals surface area contributed by atoms with Crippen molar-refractivity contribution in [3.63, 3.8) is 0 Å². The lowest BCUT2D eigenvalue weighted by Gasteiger charge is -2.28. The van der Waals surface area contributed by atoms with Crippen molar-refractivity contribution in [3.05, 3.63) is 28.2 Å². The lowest BCUT2D eigenvalue weighted by molar-refractivity contribution is -0.121. The van der Waals surface area contributed by atoms with Crippen LogP contribution in [0.3, 0.4) is 0 Å². The Labute approximate surface area is 181 Å². The van der Waals surface area contributed by atoms with Crippen molar-refractivity contribution < 1.29 is 4.79 Å². The summed E-state index contributed by atoms with van der Waals surface area (Å²) < 4.78 is -1.74. The maximum Gasteiger partial charge on any atom is 0.228 e. The van der Waals surface area contributed by atoms with Gasteiger partial charge in [0.25, 0.3) is 0 Å². The summed E-state index contributed by atoms with van der Waals surface area (Å²) in [5.41, 5.74) is 0.517. The van der Waals surface area contributed by atoms with Gasteiger partial charge in [0.1, 0.15) is 6.17 Å². The Bertz CT molecular complexity index is 563. The van der Waals surface area contributed by atoms with Gasteiger partial charge in [0.2, 0.25) is 9.70 Å². The molecule has 1 aromatic carbocycles. The van der Waals surface area contributed by atoms with Gasteiger partial charge in [-0.25, -0.2) is 0 Å². The van der Waals surface area contributed by atoms with E-state index < -0.39 is 9.96 Å². The number of benzene rings is 1. The molecule has 0 aliphatic carbocycles. The van der Waals surface area contributed by atoms with E-state index in [1.54, 1.807) is 18.2 Å². The molecule has 0 fully saturated rings. The maximum absolute atomic E-state index is 12.2. The zero-order valence-corrected chi connectivity index (χ0v) is 18.5. The molecule has 0 radical (unpaired) electrons. The normalized spacial score (nSPS) is 12.7. The van der Waals surface area contributed by atoms with Crippen LogP contribution in [-0.2, 0) is 4.79 Å². The van der Waals surface area contributed by atoms with Gasteiger partial charge in [-0.1, -0.05) is 103 Å². The first-order chi connectivity index (χ1) is 12.2. The average molecular weight is 463 g/mol. The number of carbonyl (C=O) groups excluding carboxylic acids is 1. The summed E-state index contributed by atoms with van der Waals surface area (Å²) in [5, 5.41) is 6.54. The van der Waals surface area contributed by atoms with Gasteiger partial charge in [-0.3, -0.25) is 4.79 Å². The monoisotopic (exact) mass is 460 g/mol. The predicted octanol–water partition coefficient (Wildman–Crippen LogP) is 7.36. The van der Waals surface area contributed by atoms with Crippen LogP contribution in [0.4, 0.5) is 5.69 Å². The largest absolute Gasteiger partial charge is 0.361 e. The lowest BCUT2D eigenvalue weighted by atomic mass is 10.1. The summed E-state index contributed by atoms with van der Waals surface area (Å²) in [6, 6.07) is 4.89. The zero-order valence-electron chi connectivity index (χ0n) is 14.8. The molecule has 0 saturated carbocycles. The Morgan fingerprint density at radius 1 is 1.04 bits per heavy atom. The zero-order chi connectivity index (χ0) is 19.6. The molecule has 0 aromatic heterocycles. The third-order valence-corrected chi connectivity index (χ3v) is 5.07. The summed E-state index contributed by atoms with van der Waals surface area (Å²) in [5.74, 6) is -0.174. The second-order valence-electron chi connectivity index (χ2n) is 6.18. The topological polar surface area (TPSA) is 41.1 Å². The van der Waals surface area contributed by atoms with Gasteiger partial charge in [-0.05, 0) is 24.6 Å². The van der Waals surface area contributed by atoms with Gasteiger partial charge in [0.15, 0.2) is 0 Å². The third kappa shape index (κ3) is 9.75. The van der Waals surface area contributed by atoms with Crippen LogP contribution < -0.4 is 10.6 Å². The minimum absolute atomic E-state index is 0.174. The second-order valence-corrected chi connectivity index (χ2v) is 9.39. The van der Waals surface area contributed by atoms with E-state index in [0.29, 0.717) is 22.2 Å². The van der Waals surface area contributed by atoms with Gasteiger partial charge >= 0.3 is 0 Å². The first-order valence-electron chi connectivity index (χ1n) is 8.81. The number of alkyl halides is 3. The number of nitrogens with one attached hydrogen (secondary N) is 2. The molecular weight excluding hydrogens is 437 g/mol. The number of carbonyl (C=O) groups is 1. The van der Waals surface area contributed by atoms with E-state index in [2.05, 4.69) is 17.6 Å². The number of rotatable bonds is 11. The van der Waals surface area contributed by atoms with E-state index in [1.807, 2.05) is 0 Å². The maximum atomic E-state index is 12.2. The fourth-order valence-electron chi connectivity index (χ4n) is 2.44. The Morgan fingerprint density at radius 3 is 2.23 bits per heavy atom. The molecule has 3 nitrogen and oxygen atoms in total. The molecule has 2 N–H and O–H groups in total. The molecular formula is C18H25Cl5N2O. The van der Waals surface area contributed by atoms with Gasteiger partial charge in [0.05, 0.1) is 10.7 Å². The van der Waals surface area contributed by atoms with Crippen molar-refractivity contribution in [3.8, 4) is 0 Å². The number of amides is 1. The van der Waals surface area contributed by atoms with Crippen molar-refractivity contribution in [1.29, 1.82) is 0 Å². The van der Waals surface area contributed by atoms with Gasteiger partial charge in [-0.15, -0.1) is 0 Å². The highest BCUT2D eigenvalue weighted by atomic mass is 35.6. The van der Waals surface area contributed by atoms with E-state index in [1.165, 1.54) is 25.7 Å². The van der Waals surface area contributed by atoms with E-state index in [0.717, 1.165) is 19.3 Å². The smallest absolute Gasteiger partial charge is 0.228 e. The predicted molar refractivity (Wildman–Crippen MR) is 115 cm³/mol. The fourth-order valence-corrected chi connectivity index (χ4v) is 3.23. The molecule has 1 aromatic rings. The SMILES string of the molecule is CCCCCCCCCC(=O)N[C@H](Nc1ccc(Cl)cc1Cl)C(Cl)(Cl)Cl. The average Bonchev–Trinajstić information content (AvgIpc) is 2.54. The van der Waals surface area contributed by atoms with Crippen LogP contribution in [-0.4, -0.2) is 15.9 Å². The molecule has 0 bridgehead atoms. The highest BCUT2D eigenvalue weighted by Gasteiger charge is 2.34. The quantitative estimate of drug-likeness (QED) is 0.205. The molecule has 0 spiro atoms. The molecule has 148 valence electrons. The molecule has 1 atom stereocenters. The molecule has 0 saturated heterocycles. The molecule has 0 aliphatic rings. The van der Waals surface area contributed by atoms with Gasteiger partial charge in [0, 0.05) is 11.4 Å². The number of hydrogen-bond donors (Lipinski definition) is 2. The summed E-state index contributed by atoms with van der Waals surface area (Å²) in [7, 11) is 0. The van der Waals surface area contributed by atoms with Crippen molar-refractivity contribution in [2.24, 2.45) is 0 Å². The molecule has 26 heavy (non-hydrogen) atoms. The summed E-state index contributed by atoms with van der Waals surface area (Å²) in [4.78, 5) is 12.2. The Morgan fingerprint density at radius 2 is 1.65 bits per heavy atom. The highest BCUT2D eigenvalue weighted by molar-refractivity contribution is 6.68. The third-order valence-electron chi connectivity index (χ3n) is 3.87. The van der Waals surface area contributed by atoms with Gasteiger partial charge in [-0.2, -0.15) is 0 Å². The van der Waals surface area contributed by atoms with E-state index >= 15 is 0 Å². The van der Waals surface area contributed by atoms with Gasteiger partial charge < -0.3 is 10.6 Å². The Kier molecular flexibility index (Phi) is 11.4.